The van der Waals surface area contributed by atoms with Crippen molar-refractivity contribution in [3.63, 3.8) is 0 Å². The van der Waals surface area contributed by atoms with Gasteiger partial charge in [0.25, 0.3) is 0 Å². The van der Waals surface area contributed by atoms with Crippen LogP contribution in [0.3, 0.4) is 0 Å². The number of hydrogen-bond donors (Lipinski definition) is 2. The van der Waals surface area contributed by atoms with Crippen molar-refractivity contribution in [3.05, 3.63) is 12.4 Å². The van der Waals surface area contributed by atoms with Crippen molar-refractivity contribution in [2.45, 2.75) is 6.42 Å². The predicted molar refractivity (Wildman–Crippen MR) is 39.6 cm³/mol. The Bertz CT molecular complexity index is 84.3. The zero-order valence-corrected chi connectivity index (χ0v) is 6.01. The molecule has 0 amide bonds. The maximum atomic E-state index is 5.41. The Morgan fingerprint density at radius 3 is 2.67 bits per heavy atom. The summed E-state index contributed by atoms with van der Waals surface area (Å²) in [7, 11) is 0. The molecule has 4 heteroatoms. The number of hydrogen-bond acceptors (Lipinski definition) is 3. The van der Waals surface area contributed by atoms with Crippen molar-refractivity contribution in [2.75, 3.05) is 12.4 Å². The molecule has 3 nitrogen and oxygen atoms in total. The van der Waals surface area contributed by atoms with Crippen LogP contribution >= 0.6 is 11.6 Å². The summed E-state index contributed by atoms with van der Waals surface area (Å²) in [6, 6.07) is 0. The maximum absolute atomic E-state index is 5.41. The molecule has 0 radical (unpaired) electrons. The summed E-state index contributed by atoms with van der Waals surface area (Å²) in [5, 5.41) is 1.50. The lowest BCUT2D eigenvalue weighted by molar-refractivity contribution is 0.393. The number of nitrogens with zero attached hydrogens (tertiary/aromatic N) is 1. The first-order valence-electron chi connectivity index (χ1n) is 2.77. The number of halogens is 1. The summed E-state index contributed by atoms with van der Waals surface area (Å²) in [6.07, 6.45) is 3.88. The van der Waals surface area contributed by atoms with E-state index in [0.717, 1.165) is 13.0 Å². The van der Waals surface area contributed by atoms with Crippen LogP contribution in [0.1, 0.15) is 6.42 Å². The van der Waals surface area contributed by atoms with Gasteiger partial charge in [-0.3, -0.25) is 0 Å². The molecule has 0 aromatic carbocycles. The van der Waals surface area contributed by atoms with Gasteiger partial charge in [-0.2, -0.15) is 0 Å². The van der Waals surface area contributed by atoms with E-state index in [0.29, 0.717) is 5.88 Å². The second-order valence-corrected chi connectivity index (χ2v) is 2.00. The minimum atomic E-state index is 0.631. The summed E-state index contributed by atoms with van der Waals surface area (Å²) < 4.78 is 0. The highest BCUT2D eigenvalue weighted by Crippen LogP contribution is 1.86. The molecule has 9 heavy (non-hydrogen) atoms. The van der Waals surface area contributed by atoms with E-state index in [9.17, 15) is 0 Å². The lowest BCUT2D eigenvalue weighted by Crippen LogP contribution is -2.26. The first-order chi connectivity index (χ1) is 4.31. The minimum Gasteiger partial charge on any atom is -0.403 e. The molecule has 0 unspecified atom stereocenters. The number of nitrogens with two attached hydrogens (primary N) is 2. The third-order valence-electron chi connectivity index (χ3n) is 0.827. The van der Waals surface area contributed by atoms with Crippen LogP contribution in [-0.2, 0) is 0 Å². The highest BCUT2D eigenvalue weighted by Gasteiger charge is 1.87. The Balaban J connectivity index is 3.15. The van der Waals surface area contributed by atoms with Crippen molar-refractivity contribution < 1.29 is 0 Å². The molecule has 0 aliphatic rings. The van der Waals surface area contributed by atoms with Crippen LogP contribution in [0.5, 0.6) is 0 Å². The molecule has 0 spiro atoms. The number of alkyl halides is 1. The number of hydrazine groups is 1. The van der Waals surface area contributed by atoms with Gasteiger partial charge in [-0.05, 0) is 6.42 Å². The summed E-state index contributed by atoms with van der Waals surface area (Å²) in [5.41, 5.74) is 5.07. The molecule has 0 fully saturated rings. The van der Waals surface area contributed by atoms with Gasteiger partial charge in [-0.15, -0.1) is 11.6 Å². The molecule has 0 aromatic heterocycles. The monoisotopic (exact) mass is 149 g/mol. The van der Waals surface area contributed by atoms with E-state index in [2.05, 4.69) is 0 Å². The van der Waals surface area contributed by atoms with E-state index < -0.39 is 0 Å². The zero-order chi connectivity index (χ0) is 7.11. The van der Waals surface area contributed by atoms with Gasteiger partial charge in [-0.25, -0.2) is 5.84 Å². The fourth-order valence-electron chi connectivity index (χ4n) is 0.427. The van der Waals surface area contributed by atoms with Gasteiger partial charge in [0.15, 0.2) is 0 Å². The quantitative estimate of drug-likeness (QED) is 0.342. The molecular weight excluding hydrogens is 138 g/mol. The molecule has 0 heterocycles. The summed E-state index contributed by atoms with van der Waals surface area (Å²) in [5.74, 6) is 6.01. The maximum Gasteiger partial charge on any atom is 0.0347 e. The second kappa shape index (κ2) is 5.72. The Kier molecular flexibility index (Phi) is 5.46. The second-order valence-electron chi connectivity index (χ2n) is 1.62. The fourth-order valence-corrected chi connectivity index (χ4v) is 0.547. The van der Waals surface area contributed by atoms with E-state index in [-0.39, 0.29) is 0 Å². The predicted octanol–water partition coefficient (Wildman–Crippen LogP) is 0.221. The van der Waals surface area contributed by atoms with Crippen molar-refractivity contribution in [1.82, 2.24) is 5.01 Å². The SMILES string of the molecule is N/C=C\N(N)CCCCl. The molecule has 4 N–H and O–H groups in total. The van der Waals surface area contributed by atoms with Crippen LogP contribution < -0.4 is 11.6 Å². The van der Waals surface area contributed by atoms with Crippen LogP contribution in [0.4, 0.5) is 0 Å². The Labute approximate surface area is 60.2 Å². The van der Waals surface area contributed by atoms with Crippen LogP contribution in [-0.4, -0.2) is 17.4 Å². The Hall–Kier alpha value is -0.410. The van der Waals surface area contributed by atoms with Gasteiger partial charge < -0.3 is 10.7 Å². The van der Waals surface area contributed by atoms with Crippen molar-refractivity contribution in [2.24, 2.45) is 11.6 Å². The molecule has 0 saturated heterocycles. The molecular formula is C5H12ClN3. The van der Waals surface area contributed by atoms with Crippen molar-refractivity contribution >= 4 is 11.6 Å². The molecule has 0 saturated carbocycles. The van der Waals surface area contributed by atoms with Crippen LogP contribution in [0.15, 0.2) is 12.4 Å². The molecule has 54 valence electrons. The van der Waals surface area contributed by atoms with E-state index >= 15 is 0 Å². The van der Waals surface area contributed by atoms with E-state index in [1.165, 1.54) is 11.2 Å². The van der Waals surface area contributed by atoms with Gasteiger partial charge in [0.2, 0.25) is 0 Å². The first kappa shape index (κ1) is 8.59. The largest absolute Gasteiger partial charge is 0.403 e. The lowest BCUT2D eigenvalue weighted by Gasteiger charge is -2.10. The average molecular weight is 150 g/mol. The third kappa shape index (κ3) is 5.46. The molecule has 0 rings (SSSR count). The Morgan fingerprint density at radius 1 is 1.56 bits per heavy atom. The minimum absolute atomic E-state index is 0.631. The summed E-state index contributed by atoms with van der Waals surface area (Å²) >= 11 is 5.41. The van der Waals surface area contributed by atoms with E-state index in [1.807, 2.05) is 0 Å². The highest BCUT2D eigenvalue weighted by atomic mass is 35.5. The molecule has 0 atom stereocenters. The van der Waals surface area contributed by atoms with E-state index in [1.54, 1.807) is 6.20 Å². The smallest absolute Gasteiger partial charge is 0.0347 e. The van der Waals surface area contributed by atoms with Crippen molar-refractivity contribution in [3.8, 4) is 0 Å². The molecule has 0 aromatic rings. The highest BCUT2D eigenvalue weighted by molar-refractivity contribution is 6.17. The summed E-state index contributed by atoms with van der Waals surface area (Å²) in [4.78, 5) is 0. The molecule has 0 aliphatic heterocycles. The van der Waals surface area contributed by atoms with Crippen molar-refractivity contribution in [1.29, 1.82) is 0 Å². The summed E-state index contributed by atoms with van der Waals surface area (Å²) in [6.45, 7) is 0.747. The number of rotatable bonds is 4. The molecule has 0 bridgehead atoms. The average Bonchev–Trinajstić information content (AvgIpc) is 1.85. The topological polar surface area (TPSA) is 55.3 Å². The fraction of sp³-hybridized carbons (Fsp3) is 0.600. The van der Waals surface area contributed by atoms with Crippen LogP contribution in [0, 0.1) is 0 Å². The zero-order valence-electron chi connectivity index (χ0n) is 5.26. The van der Waals surface area contributed by atoms with Gasteiger partial charge in [0, 0.05) is 24.8 Å². The van der Waals surface area contributed by atoms with Gasteiger partial charge >= 0.3 is 0 Å². The Morgan fingerprint density at radius 2 is 2.22 bits per heavy atom. The molecule has 0 aliphatic carbocycles. The van der Waals surface area contributed by atoms with Crippen LogP contribution in [0.2, 0.25) is 0 Å². The third-order valence-corrected chi connectivity index (χ3v) is 1.09. The van der Waals surface area contributed by atoms with Crippen LogP contribution in [0.25, 0.3) is 0 Å². The normalized spacial score (nSPS) is 10.4. The lowest BCUT2D eigenvalue weighted by atomic mass is 10.5. The van der Waals surface area contributed by atoms with Gasteiger partial charge in [0.05, 0.1) is 0 Å². The van der Waals surface area contributed by atoms with Gasteiger partial charge in [0.1, 0.15) is 0 Å². The first-order valence-corrected chi connectivity index (χ1v) is 3.30. The standard InChI is InChI=1S/C5H12ClN3/c6-2-1-4-9(8)5-3-7/h3,5H,1-2,4,7-8H2/b5-3-. The van der Waals surface area contributed by atoms with Gasteiger partial charge in [-0.1, -0.05) is 0 Å². The van der Waals surface area contributed by atoms with E-state index in [4.69, 9.17) is 23.2 Å².